The van der Waals surface area contributed by atoms with E-state index in [9.17, 15) is 4.79 Å². The summed E-state index contributed by atoms with van der Waals surface area (Å²) in [6, 6.07) is 0. The molecule has 0 bridgehead atoms. The predicted octanol–water partition coefficient (Wildman–Crippen LogP) is 1.78. The summed E-state index contributed by atoms with van der Waals surface area (Å²) < 4.78 is 10.4. The minimum absolute atomic E-state index is 0.149. The third-order valence-electron chi connectivity index (χ3n) is 2.20. The highest BCUT2D eigenvalue weighted by molar-refractivity contribution is 9.09. The molecule has 0 N–H and O–H groups in total. The Labute approximate surface area is 93.3 Å². The lowest BCUT2D eigenvalue weighted by Gasteiger charge is -2.37. The van der Waals surface area contributed by atoms with Crippen molar-refractivity contribution >= 4 is 21.7 Å². The molecule has 0 saturated carbocycles. The first-order valence-corrected chi connectivity index (χ1v) is 6.02. The predicted molar refractivity (Wildman–Crippen MR) is 57.8 cm³/mol. The van der Waals surface area contributed by atoms with Gasteiger partial charge in [0.25, 0.3) is 0 Å². The van der Waals surface area contributed by atoms with Gasteiger partial charge in [-0.2, -0.15) is 0 Å². The summed E-state index contributed by atoms with van der Waals surface area (Å²) in [5, 5.41) is 0.879. The molecule has 1 aliphatic heterocycles. The van der Waals surface area contributed by atoms with E-state index in [1.165, 1.54) is 0 Å². The maximum absolute atomic E-state index is 11.2. The molecule has 0 radical (unpaired) electrons. The van der Waals surface area contributed by atoms with Gasteiger partial charge in [-0.3, -0.25) is 4.79 Å². The lowest BCUT2D eigenvalue weighted by molar-refractivity contribution is -0.145. The highest BCUT2D eigenvalue weighted by atomic mass is 79.9. The monoisotopic (exact) mass is 264 g/mol. The molecule has 0 atom stereocenters. The third kappa shape index (κ3) is 4.07. The van der Waals surface area contributed by atoms with Crippen molar-refractivity contribution in [2.24, 2.45) is 5.41 Å². The molecular weight excluding hydrogens is 248 g/mol. The van der Waals surface area contributed by atoms with Crippen molar-refractivity contribution < 1.29 is 14.3 Å². The smallest absolute Gasteiger partial charge is 0.158 e. The van der Waals surface area contributed by atoms with Crippen LogP contribution in [0.2, 0.25) is 0 Å². The lowest BCUT2D eigenvalue weighted by atomic mass is 9.90. The first kappa shape index (κ1) is 12.1. The highest BCUT2D eigenvalue weighted by Crippen LogP contribution is 2.26. The van der Waals surface area contributed by atoms with Gasteiger partial charge in [0, 0.05) is 17.2 Å². The van der Waals surface area contributed by atoms with Crippen LogP contribution in [0.15, 0.2) is 0 Å². The molecule has 3 nitrogen and oxygen atoms in total. The average Bonchev–Trinajstić information content (AvgIpc) is 2.12. The van der Waals surface area contributed by atoms with Crippen molar-refractivity contribution in [3.05, 3.63) is 0 Å². The van der Waals surface area contributed by atoms with Crippen LogP contribution in [0.25, 0.3) is 0 Å². The zero-order chi connectivity index (χ0) is 10.4. The Morgan fingerprint density at radius 3 is 2.79 bits per heavy atom. The molecule has 0 aromatic heterocycles. The summed E-state index contributed by atoms with van der Waals surface area (Å²) in [7, 11) is 0. The Bertz CT molecular complexity index is 190. The molecule has 0 aromatic rings. The van der Waals surface area contributed by atoms with Gasteiger partial charge in [0.2, 0.25) is 0 Å². The molecule has 1 rings (SSSR count). The van der Waals surface area contributed by atoms with Crippen LogP contribution in [0.5, 0.6) is 0 Å². The number of rotatable bonds is 7. The molecule has 0 aromatic carbocycles. The number of carbonyl (C=O) groups is 1. The standard InChI is InChI=1S/C10H17BrO3/c1-10(7-14-8-10)6-13-5-9(12)3-2-4-11/h2-8H2,1H3. The number of hydrogen-bond acceptors (Lipinski definition) is 3. The Morgan fingerprint density at radius 2 is 2.29 bits per heavy atom. The van der Waals surface area contributed by atoms with E-state index >= 15 is 0 Å². The maximum Gasteiger partial charge on any atom is 0.158 e. The first-order valence-electron chi connectivity index (χ1n) is 4.89. The second kappa shape index (κ2) is 5.83. The minimum atomic E-state index is 0.149. The van der Waals surface area contributed by atoms with Crippen molar-refractivity contribution in [2.75, 3.05) is 31.8 Å². The number of alkyl halides is 1. The van der Waals surface area contributed by atoms with Gasteiger partial charge in [0.15, 0.2) is 5.78 Å². The number of ether oxygens (including phenoxy) is 2. The SMILES string of the molecule is CC1(COCC(=O)CCCBr)COC1. The maximum atomic E-state index is 11.2. The van der Waals surface area contributed by atoms with Gasteiger partial charge >= 0.3 is 0 Å². The van der Waals surface area contributed by atoms with E-state index in [-0.39, 0.29) is 17.8 Å². The number of halogens is 1. The van der Waals surface area contributed by atoms with Crippen molar-refractivity contribution in [2.45, 2.75) is 19.8 Å². The van der Waals surface area contributed by atoms with Crippen LogP contribution in [0.1, 0.15) is 19.8 Å². The quantitative estimate of drug-likeness (QED) is 0.658. The van der Waals surface area contributed by atoms with E-state index in [1.54, 1.807) is 0 Å². The van der Waals surface area contributed by atoms with Crippen molar-refractivity contribution in [1.82, 2.24) is 0 Å². The van der Waals surface area contributed by atoms with Crippen LogP contribution in [0.3, 0.4) is 0 Å². The zero-order valence-corrected chi connectivity index (χ0v) is 10.1. The molecule has 1 saturated heterocycles. The van der Waals surface area contributed by atoms with Gasteiger partial charge in [-0.1, -0.05) is 22.9 Å². The summed E-state index contributed by atoms with van der Waals surface area (Å²) in [5.41, 5.74) is 0.149. The molecule has 4 heteroatoms. The van der Waals surface area contributed by atoms with Crippen molar-refractivity contribution in [3.8, 4) is 0 Å². The van der Waals surface area contributed by atoms with E-state index in [0.717, 1.165) is 25.0 Å². The third-order valence-corrected chi connectivity index (χ3v) is 2.76. The van der Waals surface area contributed by atoms with Gasteiger partial charge in [0.05, 0.1) is 19.8 Å². The van der Waals surface area contributed by atoms with E-state index in [2.05, 4.69) is 22.9 Å². The van der Waals surface area contributed by atoms with Crippen molar-refractivity contribution in [3.63, 3.8) is 0 Å². The fourth-order valence-corrected chi connectivity index (χ4v) is 1.56. The van der Waals surface area contributed by atoms with Crippen molar-refractivity contribution in [1.29, 1.82) is 0 Å². The van der Waals surface area contributed by atoms with Crippen LogP contribution in [-0.4, -0.2) is 37.5 Å². The molecule has 0 spiro atoms. The first-order chi connectivity index (χ1) is 6.66. The van der Waals surface area contributed by atoms with Gasteiger partial charge in [-0.05, 0) is 6.42 Å². The molecular formula is C10H17BrO3. The number of Topliss-reactive ketones (excluding diaryl/α,β-unsaturated/α-hetero) is 1. The molecule has 14 heavy (non-hydrogen) atoms. The molecule has 1 fully saturated rings. The molecule has 1 aliphatic rings. The fraction of sp³-hybridized carbons (Fsp3) is 0.900. The Balaban J connectivity index is 2.00. The number of hydrogen-bond donors (Lipinski definition) is 0. The largest absolute Gasteiger partial charge is 0.380 e. The zero-order valence-electron chi connectivity index (χ0n) is 8.55. The summed E-state index contributed by atoms with van der Waals surface area (Å²) in [6.45, 7) is 4.50. The molecule has 0 unspecified atom stereocenters. The van der Waals surface area contributed by atoms with Gasteiger partial charge in [-0.25, -0.2) is 0 Å². The van der Waals surface area contributed by atoms with E-state index in [1.807, 2.05) is 0 Å². The highest BCUT2D eigenvalue weighted by Gasteiger charge is 2.33. The second-order valence-electron chi connectivity index (χ2n) is 4.13. The number of carbonyl (C=O) groups excluding carboxylic acids is 1. The second-order valence-corrected chi connectivity index (χ2v) is 4.92. The van der Waals surface area contributed by atoms with Gasteiger partial charge < -0.3 is 9.47 Å². The Kier molecular flexibility index (Phi) is 5.06. The van der Waals surface area contributed by atoms with Crippen LogP contribution in [0.4, 0.5) is 0 Å². The van der Waals surface area contributed by atoms with E-state index in [0.29, 0.717) is 13.0 Å². The van der Waals surface area contributed by atoms with Gasteiger partial charge in [0.1, 0.15) is 6.61 Å². The topological polar surface area (TPSA) is 35.5 Å². The Morgan fingerprint density at radius 1 is 1.57 bits per heavy atom. The summed E-state index contributed by atoms with van der Waals surface area (Å²) in [4.78, 5) is 11.2. The summed E-state index contributed by atoms with van der Waals surface area (Å²) >= 11 is 3.29. The normalized spacial score (nSPS) is 19.0. The lowest BCUT2D eigenvalue weighted by Crippen LogP contribution is -2.43. The average molecular weight is 265 g/mol. The molecule has 0 amide bonds. The Hall–Kier alpha value is 0.0700. The molecule has 82 valence electrons. The van der Waals surface area contributed by atoms with Crippen LogP contribution < -0.4 is 0 Å². The molecule has 0 aliphatic carbocycles. The summed E-state index contributed by atoms with van der Waals surface area (Å²) in [5.74, 6) is 0.188. The summed E-state index contributed by atoms with van der Waals surface area (Å²) in [6.07, 6.45) is 1.50. The fourth-order valence-electron chi connectivity index (χ4n) is 1.28. The van der Waals surface area contributed by atoms with Crippen LogP contribution in [0, 0.1) is 5.41 Å². The van der Waals surface area contributed by atoms with Crippen LogP contribution in [-0.2, 0) is 14.3 Å². The number of ketones is 1. The minimum Gasteiger partial charge on any atom is -0.380 e. The van der Waals surface area contributed by atoms with Gasteiger partial charge in [-0.15, -0.1) is 0 Å². The molecule has 1 heterocycles. The van der Waals surface area contributed by atoms with E-state index < -0.39 is 0 Å². The van der Waals surface area contributed by atoms with Crippen LogP contribution >= 0.6 is 15.9 Å². The van der Waals surface area contributed by atoms with E-state index in [4.69, 9.17) is 9.47 Å².